The van der Waals surface area contributed by atoms with Crippen LogP contribution in [-0.2, 0) is 10.2 Å². The summed E-state index contributed by atoms with van der Waals surface area (Å²) < 4.78 is 28.8. The first-order chi connectivity index (χ1) is 8.90. The highest BCUT2D eigenvalue weighted by Crippen LogP contribution is 2.23. The summed E-state index contributed by atoms with van der Waals surface area (Å²) in [5.41, 5.74) is 1.23. The van der Waals surface area contributed by atoms with Gasteiger partial charge in [-0.05, 0) is 38.3 Å². The van der Waals surface area contributed by atoms with Crippen molar-refractivity contribution in [3.05, 3.63) is 23.0 Å². The van der Waals surface area contributed by atoms with Gasteiger partial charge in [0.2, 0.25) is 0 Å². The highest BCUT2D eigenvalue weighted by Gasteiger charge is 2.29. The highest BCUT2D eigenvalue weighted by atomic mass is 35.5. The van der Waals surface area contributed by atoms with Crippen LogP contribution >= 0.6 is 11.6 Å². The molecule has 5 nitrogen and oxygen atoms in total. The quantitative estimate of drug-likeness (QED) is 0.873. The average molecular weight is 304 g/mol. The molecule has 0 radical (unpaired) electrons. The van der Waals surface area contributed by atoms with Crippen molar-refractivity contribution in [2.45, 2.75) is 39.2 Å². The molecular weight excluding hydrogens is 286 g/mol. The summed E-state index contributed by atoms with van der Waals surface area (Å²) in [7, 11) is -3.52. The molecule has 0 saturated carbocycles. The van der Waals surface area contributed by atoms with Gasteiger partial charge in [-0.2, -0.15) is 12.7 Å². The van der Waals surface area contributed by atoms with E-state index in [-0.39, 0.29) is 6.04 Å². The summed E-state index contributed by atoms with van der Waals surface area (Å²) in [6, 6.07) is 1.67. The predicted octanol–water partition coefficient (Wildman–Crippen LogP) is 2.57. The minimum Gasteiger partial charge on any atom is -0.269 e. The summed E-state index contributed by atoms with van der Waals surface area (Å²) in [5, 5.41) is 0.354. The van der Waals surface area contributed by atoms with Gasteiger partial charge in [-0.1, -0.05) is 18.0 Å². The molecule has 0 amide bonds. The molecule has 1 fully saturated rings. The smallest absolute Gasteiger partial charge is 0.269 e. The number of piperidine rings is 1. The first kappa shape index (κ1) is 14.6. The Morgan fingerprint density at radius 2 is 2.21 bits per heavy atom. The van der Waals surface area contributed by atoms with Gasteiger partial charge in [0.05, 0.1) is 11.9 Å². The summed E-state index contributed by atoms with van der Waals surface area (Å²) in [6.45, 7) is 4.30. The second kappa shape index (κ2) is 5.64. The second-order valence-corrected chi connectivity index (χ2v) is 6.90. The lowest BCUT2D eigenvalue weighted by Gasteiger charge is -2.32. The monoisotopic (exact) mass is 303 g/mol. The first-order valence-corrected chi connectivity index (χ1v) is 8.13. The Morgan fingerprint density at radius 1 is 1.47 bits per heavy atom. The van der Waals surface area contributed by atoms with E-state index in [2.05, 4.69) is 9.71 Å². The zero-order valence-corrected chi connectivity index (χ0v) is 12.6. The van der Waals surface area contributed by atoms with E-state index in [4.69, 9.17) is 11.6 Å². The fraction of sp³-hybridized carbons (Fsp3) is 0.583. The van der Waals surface area contributed by atoms with Crippen molar-refractivity contribution < 1.29 is 8.42 Å². The van der Waals surface area contributed by atoms with Crippen LogP contribution in [-0.4, -0.2) is 30.3 Å². The maximum atomic E-state index is 12.4. The first-order valence-electron chi connectivity index (χ1n) is 6.32. The van der Waals surface area contributed by atoms with Crippen LogP contribution in [0, 0.1) is 6.92 Å². The number of aryl methyl sites for hydroxylation is 1. The lowest BCUT2D eigenvalue weighted by molar-refractivity contribution is 0.270. The van der Waals surface area contributed by atoms with Crippen LogP contribution < -0.4 is 4.72 Å². The molecule has 1 aromatic heterocycles. The number of pyridine rings is 1. The number of aromatic nitrogens is 1. The third-order valence-electron chi connectivity index (χ3n) is 3.37. The Kier molecular flexibility index (Phi) is 4.32. The van der Waals surface area contributed by atoms with Crippen molar-refractivity contribution in [1.82, 2.24) is 9.29 Å². The van der Waals surface area contributed by atoms with Crippen LogP contribution in [0.3, 0.4) is 0 Å². The molecule has 0 aromatic carbocycles. The maximum absolute atomic E-state index is 12.4. The molecule has 1 aliphatic heterocycles. The van der Waals surface area contributed by atoms with Gasteiger partial charge < -0.3 is 0 Å². The normalized spacial score (nSPS) is 21.3. The summed E-state index contributed by atoms with van der Waals surface area (Å²) in [5.74, 6) is 0. The van der Waals surface area contributed by atoms with Gasteiger partial charge in [-0.3, -0.25) is 4.72 Å². The standard InChI is InChI=1S/C12H18ClN3O2S/c1-9-7-12(13)14-8-11(9)15-19(17,18)16-6-4-3-5-10(16)2/h7-8,10,15H,3-6H2,1-2H3. The number of nitrogens with one attached hydrogen (secondary N) is 1. The number of hydrogen-bond acceptors (Lipinski definition) is 3. The molecule has 106 valence electrons. The Labute approximate surface area is 119 Å². The van der Waals surface area contributed by atoms with Crippen LogP contribution in [0.5, 0.6) is 0 Å². The van der Waals surface area contributed by atoms with Crippen LogP contribution in [0.1, 0.15) is 31.7 Å². The van der Waals surface area contributed by atoms with Gasteiger partial charge in [-0.15, -0.1) is 0 Å². The molecular formula is C12H18ClN3O2S. The Balaban J connectivity index is 2.20. The van der Waals surface area contributed by atoms with Crippen LogP contribution in [0.15, 0.2) is 12.3 Å². The molecule has 1 unspecified atom stereocenters. The minimum absolute atomic E-state index is 0.0341. The number of halogens is 1. The van der Waals surface area contributed by atoms with Gasteiger partial charge >= 0.3 is 10.2 Å². The predicted molar refractivity (Wildman–Crippen MR) is 76.5 cm³/mol. The lowest BCUT2D eigenvalue weighted by Crippen LogP contribution is -2.44. The SMILES string of the molecule is Cc1cc(Cl)ncc1NS(=O)(=O)N1CCCCC1C. The van der Waals surface area contributed by atoms with E-state index in [9.17, 15) is 8.42 Å². The van der Waals surface area contributed by atoms with E-state index in [1.165, 1.54) is 10.5 Å². The zero-order valence-electron chi connectivity index (χ0n) is 11.1. The molecule has 0 aliphatic carbocycles. The number of rotatable bonds is 3. The average Bonchev–Trinajstić information content (AvgIpc) is 2.33. The Bertz CT molecular complexity index is 562. The second-order valence-electron chi connectivity index (χ2n) is 4.88. The maximum Gasteiger partial charge on any atom is 0.301 e. The summed E-state index contributed by atoms with van der Waals surface area (Å²) >= 11 is 5.76. The van der Waals surface area contributed by atoms with Crippen molar-refractivity contribution in [2.75, 3.05) is 11.3 Å². The van der Waals surface area contributed by atoms with E-state index >= 15 is 0 Å². The van der Waals surface area contributed by atoms with E-state index in [0.717, 1.165) is 24.8 Å². The van der Waals surface area contributed by atoms with E-state index in [0.29, 0.717) is 17.4 Å². The zero-order chi connectivity index (χ0) is 14.0. The van der Waals surface area contributed by atoms with Crippen LogP contribution in [0.2, 0.25) is 5.15 Å². The minimum atomic E-state index is -3.52. The Hall–Kier alpha value is -0.850. The van der Waals surface area contributed by atoms with E-state index in [1.54, 1.807) is 13.0 Å². The fourth-order valence-electron chi connectivity index (χ4n) is 2.25. The fourth-order valence-corrected chi connectivity index (χ4v) is 4.02. The number of hydrogen-bond donors (Lipinski definition) is 1. The molecule has 1 aliphatic rings. The third kappa shape index (κ3) is 3.38. The van der Waals surface area contributed by atoms with Crippen LogP contribution in [0.4, 0.5) is 5.69 Å². The van der Waals surface area contributed by atoms with E-state index < -0.39 is 10.2 Å². The summed E-state index contributed by atoms with van der Waals surface area (Å²) in [4.78, 5) is 3.91. The Morgan fingerprint density at radius 3 is 2.84 bits per heavy atom. The molecule has 1 atom stereocenters. The molecule has 1 aromatic rings. The molecule has 1 saturated heterocycles. The van der Waals surface area contributed by atoms with Crippen molar-refractivity contribution in [1.29, 1.82) is 0 Å². The largest absolute Gasteiger partial charge is 0.301 e. The van der Waals surface area contributed by atoms with Gasteiger partial charge in [0, 0.05) is 12.6 Å². The molecule has 7 heteroatoms. The van der Waals surface area contributed by atoms with Gasteiger partial charge in [0.25, 0.3) is 0 Å². The molecule has 2 heterocycles. The van der Waals surface area contributed by atoms with E-state index in [1.807, 2.05) is 6.92 Å². The van der Waals surface area contributed by atoms with Crippen molar-refractivity contribution >= 4 is 27.5 Å². The summed E-state index contributed by atoms with van der Waals surface area (Å²) in [6.07, 6.45) is 4.33. The van der Waals surface area contributed by atoms with Crippen LogP contribution in [0.25, 0.3) is 0 Å². The molecule has 0 spiro atoms. The van der Waals surface area contributed by atoms with Crippen molar-refractivity contribution in [2.24, 2.45) is 0 Å². The van der Waals surface area contributed by atoms with Crippen molar-refractivity contribution in [3.63, 3.8) is 0 Å². The topological polar surface area (TPSA) is 62.3 Å². The van der Waals surface area contributed by atoms with Gasteiger partial charge in [-0.25, -0.2) is 4.98 Å². The molecule has 1 N–H and O–H groups in total. The third-order valence-corrected chi connectivity index (χ3v) is 5.21. The number of anilines is 1. The van der Waals surface area contributed by atoms with Gasteiger partial charge in [0.1, 0.15) is 5.15 Å². The molecule has 19 heavy (non-hydrogen) atoms. The lowest BCUT2D eigenvalue weighted by atomic mass is 10.1. The number of nitrogens with zero attached hydrogens (tertiary/aromatic N) is 2. The van der Waals surface area contributed by atoms with Crippen molar-refractivity contribution in [3.8, 4) is 0 Å². The highest BCUT2D eigenvalue weighted by molar-refractivity contribution is 7.90. The molecule has 0 bridgehead atoms. The molecule has 2 rings (SSSR count). The van der Waals surface area contributed by atoms with Gasteiger partial charge in [0.15, 0.2) is 0 Å².